The van der Waals surface area contributed by atoms with Crippen LogP contribution >= 0.6 is 23.2 Å². The number of rotatable bonds is 2. The van der Waals surface area contributed by atoms with Crippen molar-refractivity contribution in [1.29, 1.82) is 0 Å². The first kappa shape index (κ1) is 8.88. The molecule has 1 aliphatic carbocycles. The molecule has 0 spiro atoms. The number of carbonyl (C=O) groups is 1. The molecular formula is C7H9Cl2NO. The lowest BCUT2D eigenvalue weighted by atomic mass is 9.97. The Morgan fingerprint density at radius 2 is 2.27 bits per heavy atom. The van der Waals surface area contributed by atoms with E-state index in [2.05, 4.69) is 0 Å². The fourth-order valence-corrected chi connectivity index (χ4v) is 1.76. The monoisotopic (exact) mass is 193 g/mol. The van der Waals surface area contributed by atoms with Crippen LogP contribution in [0.2, 0.25) is 0 Å². The van der Waals surface area contributed by atoms with Gasteiger partial charge in [-0.2, -0.15) is 0 Å². The van der Waals surface area contributed by atoms with Gasteiger partial charge in [-0.1, -0.05) is 12.2 Å². The Balaban J connectivity index is 2.63. The van der Waals surface area contributed by atoms with Gasteiger partial charge < -0.3 is 5.73 Å². The SMILES string of the molecule is NC(=O)C1C=CCC1C(Cl)Cl. The summed E-state index contributed by atoms with van der Waals surface area (Å²) >= 11 is 11.3. The van der Waals surface area contributed by atoms with E-state index < -0.39 is 4.84 Å². The number of alkyl halides is 2. The molecule has 1 rings (SSSR count). The fourth-order valence-electron chi connectivity index (χ4n) is 1.24. The summed E-state index contributed by atoms with van der Waals surface area (Å²) in [6.45, 7) is 0. The smallest absolute Gasteiger partial charge is 0.224 e. The van der Waals surface area contributed by atoms with Crippen LogP contribution in [0, 0.1) is 11.8 Å². The van der Waals surface area contributed by atoms with Crippen LogP contribution in [0.5, 0.6) is 0 Å². The van der Waals surface area contributed by atoms with Gasteiger partial charge in [0.1, 0.15) is 4.84 Å². The highest BCUT2D eigenvalue weighted by Crippen LogP contribution is 2.32. The van der Waals surface area contributed by atoms with E-state index in [4.69, 9.17) is 28.9 Å². The first-order chi connectivity index (χ1) is 5.13. The predicted molar refractivity (Wildman–Crippen MR) is 45.4 cm³/mol. The summed E-state index contributed by atoms with van der Waals surface area (Å²) in [7, 11) is 0. The van der Waals surface area contributed by atoms with Crippen LogP contribution in [0.1, 0.15) is 6.42 Å². The normalized spacial score (nSPS) is 29.7. The number of nitrogens with two attached hydrogens (primary N) is 1. The Kier molecular flexibility index (Phi) is 2.79. The predicted octanol–water partition coefficient (Wildman–Crippen LogP) is 1.47. The summed E-state index contributed by atoms with van der Waals surface area (Å²) in [4.78, 5) is 10.3. The third-order valence-electron chi connectivity index (χ3n) is 1.87. The van der Waals surface area contributed by atoms with Gasteiger partial charge in [0, 0.05) is 5.92 Å². The van der Waals surface area contributed by atoms with Gasteiger partial charge in [0.2, 0.25) is 5.91 Å². The highest BCUT2D eigenvalue weighted by Gasteiger charge is 2.31. The Morgan fingerprint density at radius 3 is 2.64 bits per heavy atom. The highest BCUT2D eigenvalue weighted by atomic mass is 35.5. The molecule has 0 aromatic heterocycles. The summed E-state index contributed by atoms with van der Waals surface area (Å²) in [5, 5.41) is 0. The van der Waals surface area contributed by atoms with Crippen LogP contribution in [-0.2, 0) is 4.79 Å². The maximum absolute atomic E-state index is 10.8. The topological polar surface area (TPSA) is 43.1 Å². The Morgan fingerprint density at radius 1 is 1.64 bits per heavy atom. The second kappa shape index (κ2) is 3.46. The number of carbonyl (C=O) groups excluding carboxylic acids is 1. The molecule has 0 fully saturated rings. The summed E-state index contributed by atoms with van der Waals surface area (Å²) < 4.78 is 0. The van der Waals surface area contributed by atoms with E-state index in [9.17, 15) is 4.79 Å². The molecule has 2 unspecified atom stereocenters. The zero-order valence-electron chi connectivity index (χ0n) is 5.84. The van der Waals surface area contributed by atoms with Crippen molar-refractivity contribution in [2.75, 3.05) is 0 Å². The van der Waals surface area contributed by atoms with Crippen LogP contribution in [-0.4, -0.2) is 10.7 Å². The molecule has 2 atom stereocenters. The molecule has 0 saturated heterocycles. The quantitative estimate of drug-likeness (QED) is 0.524. The summed E-state index contributed by atoms with van der Waals surface area (Å²) in [5.74, 6) is -0.666. The van der Waals surface area contributed by atoms with Crippen molar-refractivity contribution in [3.05, 3.63) is 12.2 Å². The van der Waals surface area contributed by atoms with Crippen LogP contribution in [0.15, 0.2) is 12.2 Å². The van der Waals surface area contributed by atoms with Crippen LogP contribution in [0.25, 0.3) is 0 Å². The minimum absolute atomic E-state index is 0.0316. The average Bonchev–Trinajstić information content (AvgIpc) is 2.32. The zero-order chi connectivity index (χ0) is 8.43. The second-order valence-corrected chi connectivity index (χ2v) is 3.75. The first-order valence-corrected chi connectivity index (χ1v) is 4.24. The van der Waals surface area contributed by atoms with Crippen molar-refractivity contribution >= 4 is 29.1 Å². The standard InChI is InChI=1S/C7H9Cl2NO/c8-6(9)4-2-1-3-5(4)7(10)11/h1,3-6H,2H2,(H2,10,11). The van der Waals surface area contributed by atoms with E-state index in [1.165, 1.54) is 0 Å². The van der Waals surface area contributed by atoms with Gasteiger partial charge in [0.15, 0.2) is 0 Å². The molecule has 1 aliphatic rings. The summed E-state index contributed by atoms with van der Waals surface area (Å²) in [5.41, 5.74) is 5.12. The van der Waals surface area contributed by atoms with E-state index in [1.807, 2.05) is 6.08 Å². The molecule has 2 nitrogen and oxygen atoms in total. The Labute approximate surface area is 75.3 Å². The molecule has 0 bridgehead atoms. The summed E-state index contributed by atoms with van der Waals surface area (Å²) in [6, 6.07) is 0. The second-order valence-electron chi connectivity index (χ2n) is 2.59. The van der Waals surface area contributed by atoms with Crippen molar-refractivity contribution in [2.45, 2.75) is 11.3 Å². The minimum atomic E-state index is -0.512. The van der Waals surface area contributed by atoms with E-state index >= 15 is 0 Å². The molecule has 4 heteroatoms. The van der Waals surface area contributed by atoms with Crippen LogP contribution in [0.3, 0.4) is 0 Å². The van der Waals surface area contributed by atoms with Gasteiger partial charge in [-0.05, 0) is 6.42 Å². The largest absolute Gasteiger partial charge is 0.369 e. The van der Waals surface area contributed by atoms with E-state index in [0.717, 1.165) is 6.42 Å². The molecule has 0 aliphatic heterocycles. The van der Waals surface area contributed by atoms with Crippen LogP contribution < -0.4 is 5.73 Å². The zero-order valence-corrected chi connectivity index (χ0v) is 7.35. The molecule has 0 saturated carbocycles. The maximum Gasteiger partial charge on any atom is 0.224 e. The third kappa shape index (κ3) is 1.88. The lowest BCUT2D eigenvalue weighted by Crippen LogP contribution is -2.29. The van der Waals surface area contributed by atoms with Crippen molar-refractivity contribution in [3.8, 4) is 0 Å². The number of amides is 1. The van der Waals surface area contributed by atoms with Gasteiger partial charge in [-0.3, -0.25) is 4.79 Å². The lowest BCUT2D eigenvalue weighted by Gasteiger charge is -2.16. The molecule has 11 heavy (non-hydrogen) atoms. The van der Waals surface area contributed by atoms with Gasteiger partial charge in [0.25, 0.3) is 0 Å². The van der Waals surface area contributed by atoms with E-state index in [1.54, 1.807) is 6.08 Å². The van der Waals surface area contributed by atoms with Crippen molar-refractivity contribution in [2.24, 2.45) is 17.6 Å². The Bertz CT molecular complexity index is 191. The molecule has 0 aromatic rings. The van der Waals surface area contributed by atoms with Gasteiger partial charge in [-0.15, -0.1) is 23.2 Å². The molecule has 0 aromatic carbocycles. The number of hydrogen-bond donors (Lipinski definition) is 1. The Hall–Kier alpha value is -0.210. The van der Waals surface area contributed by atoms with Gasteiger partial charge in [0.05, 0.1) is 5.92 Å². The van der Waals surface area contributed by atoms with E-state index in [-0.39, 0.29) is 17.7 Å². The van der Waals surface area contributed by atoms with Gasteiger partial charge >= 0.3 is 0 Å². The third-order valence-corrected chi connectivity index (χ3v) is 2.51. The molecule has 0 radical (unpaired) electrons. The van der Waals surface area contributed by atoms with Gasteiger partial charge in [-0.25, -0.2) is 0 Å². The number of hydrogen-bond acceptors (Lipinski definition) is 1. The number of primary amides is 1. The fraction of sp³-hybridized carbons (Fsp3) is 0.571. The minimum Gasteiger partial charge on any atom is -0.369 e. The number of allylic oxidation sites excluding steroid dienone is 1. The number of halogens is 2. The maximum atomic E-state index is 10.8. The van der Waals surface area contributed by atoms with Crippen molar-refractivity contribution in [1.82, 2.24) is 0 Å². The molecule has 62 valence electrons. The van der Waals surface area contributed by atoms with Crippen LogP contribution in [0.4, 0.5) is 0 Å². The van der Waals surface area contributed by atoms with Crippen molar-refractivity contribution in [3.63, 3.8) is 0 Å². The average molecular weight is 194 g/mol. The van der Waals surface area contributed by atoms with Crippen molar-refractivity contribution < 1.29 is 4.79 Å². The molecule has 0 heterocycles. The first-order valence-electron chi connectivity index (χ1n) is 3.37. The lowest BCUT2D eigenvalue weighted by molar-refractivity contribution is -0.121. The van der Waals surface area contributed by atoms with E-state index in [0.29, 0.717) is 0 Å². The molecule has 2 N–H and O–H groups in total. The highest BCUT2D eigenvalue weighted by molar-refractivity contribution is 6.44. The summed E-state index contributed by atoms with van der Waals surface area (Å²) in [6.07, 6.45) is 4.40. The molecular weight excluding hydrogens is 185 g/mol. The molecule has 1 amide bonds.